The number of nitrogens with zero attached hydrogens (tertiary/aromatic N) is 2. The van der Waals surface area contributed by atoms with Crippen molar-refractivity contribution in [2.45, 2.75) is 11.3 Å². The number of sulfonamides is 1. The molecule has 10 heteroatoms. The number of nitro benzene ring substituents is 1. The van der Waals surface area contributed by atoms with Crippen LogP contribution in [0.4, 0.5) is 17.1 Å². The van der Waals surface area contributed by atoms with E-state index in [2.05, 4.69) is 15.9 Å². The molecule has 25 heavy (non-hydrogen) atoms. The topological polar surface area (TPSA) is 107 Å². The Hall–Kier alpha value is -1.84. The van der Waals surface area contributed by atoms with Gasteiger partial charge in [0.1, 0.15) is 5.69 Å². The molecule has 0 heterocycles. The van der Waals surface area contributed by atoms with Crippen LogP contribution in [0, 0.1) is 10.1 Å². The average molecular weight is 449 g/mol. The second-order valence-electron chi connectivity index (χ2n) is 5.05. The number of benzene rings is 2. The van der Waals surface area contributed by atoms with Gasteiger partial charge in [-0.2, -0.15) is 0 Å². The zero-order valence-electron chi connectivity index (χ0n) is 12.9. The SMILES string of the molecule is Nc1cc(Cl)c(N(CCCBr)S(=O)(=O)c2ccccc2)cc1[N+](=O)[O-]. The molecule has 0 bridgehead atoms. The maximum Gasteiger partial charge on any atom is 0.294 e. The predicted molar refractivity (Wildman–Crippen MR) is 102 cm³/mol. The molecule has 2 N–H and O–H groups in total. The Kier molecular flexibility index (Phi) is 6.26. The summed E-state index contributed by atoms with van der Waals surface area (Å²) in [7, 11) is -3.94. The van der Waals surface area contributed by atoms with Crippen molar-refractivity contribution in [3.63, 3.8) is 0 Å². The van der Waals surface area contributed by atoms with Crippen LogP contribution in [0.5, 0.6) is 0 Å². The van der Waals surface area contributed by atoms with Crippen LogP contribution in [-0.4, -0.2) is 25.2 Å². The zero-order chi connectivity index (χ0) is 18.6. The minimum atomic E-state index is -3.94. The molecule has 0 spiro atoms. The minimum Gasteiger partial charge on any atom is -0.393 e. The number of anilines is 2. The molecule has 0 saturated heterocycles. The Bertz CT molecular complexity index is 878. The van der Waals surface area contributed by atoms with Crippen molar-refractivity contribution in [3.05, 3.63) is 57.6 Å². The highest BCUT2D eigenvalue weighted by atomic mass is 79.9. The average Bonchev–Trinajstić information content (AvgIpc) is 2.57. The normalized spacial score (nSPS) is 11.3. The Morgan fingerprint density at radius 2 is 1.88 bits per heavy atom. The standard InChI is InChI=1S/C15H15BrClN3O4S/c16-7-4-8-19(25(23,24)11-5-2-1-3-6-11)14-10-15(20(21)22)13(18)9-12(14)17/h1-3,5-6,9-10H,4,7-8,18H2. The molecule has 7 nitrogen and oxygen atoms in total. The van der Waals surface area contributed by atoms with Gasteiger partial charge in [0, 0.05) is 17.9 Å². The van der Waals surface area contributed by atoms with E-state index in [0.29, 0.717) is 11.8 Å². The van der Waals surface area contributed by atoms with E-state index in [-0.39, 0.29) is 27.8 Å². The summed E-state index contributed by atoms with van der Waals surface area (Å²) in [5.41, 5.74) is 5.11. The quantitative estimate of drug-likeness (QED) is 0.300. The largest absolute Gasteiger partial charge is 0.393 e. The molecule has 0 atom stereocenters. The van der Waals surface area contributed by atoms with Gasteiger partial charge in [-0.25, -0.2) is 8.42 Å². The maximum absolute atomic E-state index is 13.0. The van der Waals surface area contributed by atoms with Crippen LogP contribution in [0.15, 0.2) is 47.4 Å². The molecule has 0 aliphatic carbocycles. The lowest BCUT2D eigenvalue weighted by Gasteiger charge is -2.25. The first-order valence-electron chi connectivity index (χ1n) is 7.16. The number of nitrogens with two attached hydrogens (primary N) is 1. The van der Waals surface area contributed by atoms with E-state index in [1.165, 1.54) is 18.2 Å². The Morgan fingerprint density at radius 1 is 1.24 bits per heavy atom. The summed E-state index contributed by atoms with van der Waals surface area (Å²) in [5, 5.41) is 11.7. The molecular weight excluding hydrogens is 434 g/mol. The molecule has 0 radical (unpaired) electrons. The van der Waals surface area contributed by atoms with E-state index < -0.39 is 20.6 Å². The molecular formula is C15H15BrClN3O4S. The van der Waals surface area contributed by atoms with Crippen LogP contribution < -0.4 is 10.0 Å². The third kappa shape index (κ3) is 4.23. The van der Waals surface area contributed by atoms with Gasteiger partial charge in [-0.15, -0.1) is 0 Å². The van der Waals surface area contributed by atoms with Gasteiger partial charge in [0.05, 0.1) is 20.5 Å². The van der Waals surface area contributed by atoms with Crippen LogP contribution in [0.2, 0.25) is 5.02 Å². The smallest absolute Gasteiger partial charge is 0.294 e. The fourth-order valence-corrected chi connectivity index (χ4v) is 4.32. The molecule has 0 aromatic heterocycles. The van der Waals surface area contributed by atoms with E-state index in [0.717, 1.165) is 10.4 Å². The highest BCUT2D eigenvalue weighted by molar-refractivity contribution is 9.09. The van der Waals surface area contributed by atoms with Crippen LogP contribution in [0.25, 0.3) is 0 Å². The first-order valence-corrected chi connectivity index (χ1v) is 10.1. The monoisotopic (exact) mass is 447 g/mol. The van der Waals surface area contributed by atoms with E-state index >= 15 is 0 Å². The molecule has 0 unspecified atom stereocenters. The summed E-state index contributed by atoms with van der Waals surface area (Å²) in [5.74, 6) is 0. The Balaban J connectivity index is 2.63. The highest BCUT2D eigenvalue weighted by Crippen LogP contribution is 2.37. The van der Waals surface area contributed by atoms with Crippen LogP contribution >= 0.6 is 27.5 Å². The number of hydrogen-bond acceptors (Lipinski definition) is 5. The van der Waals surface area contributed by atoms with Gasteiger partial charge in [0.15, 0.2) is 0 Å². The van der Waals surface area contributed by atoms with Crippen LogP contribution in [0.1, 0.15) is 6.42 Å². The third-order valence-electron chi connectivity index (χ3n) is 3.39. The van der Waals surface area contributed by atoms with Crippen LogP contribution in [0.3, 0.4) is 0 Å². The predicted octanol–water partition coefficient (Wildman–Crippen LogP) is 3.81. The van der Waals surface area contributed by atoms with Crippen molar-refractivity contribution >= 4 is 54.6 Å². The van der Waals surface area contributed by atoms with Crippen molar-refractivity contribution in [1.29, 1.82) is 0 Å². The van der Waals surface area contributed by atoms with Gasteiger partial charge in [-0.3, -0.25) is 14.4 Å². The lowest BCUT2D eigenvalue weighted by molar-refractivity contribution is -0.383. The van der Waals surface area contributed by atoms with Gasteiger partial charge in [-0.05, 0) is 24.6 Å². The fraction of sp³-hybridized carbons (Fsp3) is 0.200. The number of alkyl halides is 1. The summed E-state index contributed by atoms with van der Waals surface area (Å²) >= 11 is 9.41. The van der Waals surface area contributed by atoms with E-state index in [4.69, 9.17) is 17.3 Å². The van der Waals surface area contributed by atoms with Crippen molar-refractivity contribution in [1.82, 2.24) is 0 Å². The summed E-state index contributed by atoms with van der Waals surface area (Å²) in [6.45, 7) is 0.100. The number of nitrogen functional groups attached to an aromatic ring is 1. The molecule has 134 valence electrons. The number of hydrogen-bond donors (Lipinski definition) is 1. The molecule has 2 aromatic rings. The van der Waals surface area contributed by atoms with Gasteiger partial charge < -0.3 is 5.73 Å². The first-order chi connectivity index (χ1) is 11.8. The minimum absolute atomic E-state index is 0.0207. The van der Waals surface area contributed by atoms with Crippen molar-refractivity contribution in [3.8, 4) is 0 Å². The van der Waals surface area contributed by atoms with E-state index in [9.17, 15) is 18.5 Å². The second-order valence-corrected chi connectivity index (χ2v) is 8.11. The van der Waals surface area contributed by atoms with Crippen molar-refractivity contribution < 1.29 is 13.3 Å². The fourth-order valence-electron chi connectivity index (χ4n) is 2.21. The summed E-state index contributed by atoms with van der Waals surface area (Å²) in [4.78, 5) is 10.5. The van der Waals surface area contributed by atoms with Gasteiger partial charge in [-0.1, -0.05) is 45.7 Å². The molecule has 0 aliphatic heterocycles. The summed E-state index contributed by atoms with van der Waals surface area (Å²) in [6.07, 6.45) is 0.487. The van der Waals surface area contributed by atoms with Crippen molar-refractivity contribution in [2.75, 3.05) is 21.9 Å². The van der Waals surface area contributed by atoms with Crippen LogP contribution in [-0.2, 0) is 10.0 Å². The zero-order valence-corrected chi connectivity index (χ0v) is 16.1. The Morgan fingerprint density at radius 3 is 2.44 bits per heavy atom. The summed E-state index contributed by atoms with van der Waals surface area (Å²) < 4.78 is 27.1. The molecule has 2 aromatic carbocycles. The van der Waals surface area contributed by atoms with Gasteiger partial charge >= 0.3 is 0 Å². The van der Waals surface area contributed by atoms with E-state index in [1.807, 2.05) is 0 Å². The lowest BCUT2D eigenvalue weighted by Crippen LogP contribution is -2.32. The molecule has 0 aliphatic rings. The third-order valence-corrected chi connectivity index (χ3v) is 6.08. The summed E-state index contributed by atoms with van der Waals surface area (Å²) in [6, 6.07) is 10.1. The number of nitro groups is 1. The molecule has 2 rings (SSSR count). The number of rotatable bonds is 7. The number of halogens is 2. The van der Waals surface area contributed by atoms with E-state index in [1.54, 1.807) is 18.2 Å². The molecule has 0 amide bonds. The Labute approximate surface area is 158 Å². The van der Waals surface area contributed by atoms with Gasteiger partial charge in [0.25, 0.3) is 15.7 Å². The first kappa shape index (κ1) is 19.5. The highest BCUT2D eigenvalue weighted by Gasteiger charge is 2.28. The van der Waals surface area contributed by atoms with Gasteiger partial charge in [0.2, 0.25) is 0 Å². The second kappa shape index (κ2) is 8.03. The van der Waals surface area contributed by atoms with Crippen molar-refractivity contribution in [2.24, 2.45) is 0 Å². The molecule has 0 saturated carbocycles. The lowest BCUT2D eigenvalue weighted by atomic mass is 10.2. The maximum atomic E-state index is 13.0. The molecule has 0 fully saturated rings.